The predicted molar refractivity (Wildman–Crippen MR) is 76.9 cm³/mol. The first-order valence-corrected chi connectivity index (χ1v) is 9.25. The second kappa shape index (κ2) is 5.72. The van der Waals surface area contributed by atoms with Crippen LogP contribution in [0, 0.1) is 5.41 Å². The van der Waals surface area contributed by atoms with Crippen molar-refractivity contribution >= 4 is 33.1 Å². The number of nitrogens with zero attached hydrogens (tertiary/aromatic N) is 1. The first kappa shape index (κ1) is 15.9. The summed E-state index contributed by atoms with van der Waals surface area (Å²) in [6.07, 6.45) is 2.84. The van der Waals surface area contributed by atoms with E-state index in [-0.39, 0.29) is 30.3 Å². The Labute approximate surface area is 126 Å². The van der Waals surface area contributed by atoms with E-state index in [2.05, 4.69) is 10.3 Å². The molecule has 1 aromatic rings. The second-order valence-electron chi connectivity index (χ2n) is 5.46. The Morgan fingerprint density at radius 2 is 2.14 bits per heavy atom. The van der Waals surface area contributed by atoms with Crippen LogP contribution < -0.4 is 5.32 Å². The number of thiazole rings is 1. The average Bonchev–Trinajstić information content (AvgIpc) is 2.91. The summed E-state index contributed by atoms with van der Waals surface area (Å²) in [4.78, 5) is 26.4. The number of carboxylic acids is 1. The van der Waals surface area contributed by atoms with Crippen molar-refractivity contribution < 1.29 is 23.1 Å². The summed E-state index contributed by atoms with van der Waals surface area (Å²) < 4.78 is 22.6. The van der Waals surface area contributed by atoms with Crippen LogP contribution in [0.25, 0.3) is 0 Å². The topological polar surface area (TPSA) is 113 Å². The van der Waals surface area contributed by atoms with Crippen molar-refractivity contribution in [3.63, 3.8) is 0 Å². The molecule has 0 radical (unpaired) electrons. The molecule has 1 saturated carbocycles. The highest BCUT2D eigenvalue weighted by Crippen LogP contribution is 2.49. The molecule has 1 fully saturated rings. The molecule has 7 nitrogen and oxygen atoms in total. The number of carboxylic acid groups (broad SMARTS) is 1. The van der Waals surface area contributed by atoms with Crippen molar-refractivity contribution in [3.8, 4) is 0 Å². The van der Waals surface area contributed by atoms with E-state index in [4.69, 9.17) is 5.11 Å². The number of aromatic carboxylic acids is 1. The predicted octanol–water partition coefficient (Wildman–Crippen LogP) is 0.672. The third kappa shape index (κ3) is 4.78. The first-order valence-electron chi connectivity index (χ1n) is 6.31. The summed E-state index contributed by atoms with van der Waals surface area (Å²) in [5.41, 5.74) is -0.452. The molecule has 1 aliphatic carbocycles. The number of hydrogen-bond donors (Lipinski definition) is 2. The van der Waals surface area contributed by atoms with Crippen molar-refractivity contribution in [1.29, 1.82) is 0 Å². The highest BCUT2D eigenvalue weighted by molar-refractivity contribution is 7.90. The Balaban J connectivity index is 1.83. The van der Waals surface area contributed by atoms with Gasteiger partial charge in [0.05, 0.1) is 12.3 Å². The minimum absolute atomic E-state index is 0.0355. The smallest absolute Gasteiger partial charge is 0.355 e. The Morgan fingerprint density at radius 3 is 2.62 bits per heavy atom. The molecule has 1 aliphatic rings. The summed E-state index contributed by atoms with van der Waals surface area (Å²) in [5.74, 6) is -1.30. The Kier molecular flexibility index (Phi) is 4.33. The van der Waals surface area contributed by atoms with E-state index in [0.29, 0.717) is 5.01 Å². The molecule has 116 valence electrons. The SMILES string of the molecule is CS(=O)(=O)CC1(CC(=O)NCc2nc(C(=O)O)cs2)CC1. The van der Waals surface area contributed by atoms with E-state index >= 15 is 0 Å². The minimum Gasteiger partial charge on any atom is -0.476 e. The van der Waals surface area contributed by atoms with E-state index in [1.54, 1.807) is 0 Å². The van der Waals surface area contributed by atoms with Crippen molar-refractivity contribution in [1.82, 2.24) is 10.3 Å². The fourth-order valence-corrected chi connectivity index (χ4v) is 4.38. The van der Waals surface area contributed by atoms with Crippen molar-refractivity contribution in [2.24, 2.45) is 5.41 Å². The molecule has 21 heavy (non-hydrogen) atoms. The monoisotopic (exact) mass is 332 g/mol. The standard InChI is InChI=1S/C12H16N2O5S2/c1-21(18,19)7-12(2-3-12)4-9(15)13-5-10-14-8(6-20-10)11(16)17/h6H,2-5,7H2,1H3,(H,13,15)(H,16,17). The van der Waals surface area contributed by atoms with Gasteiger partial charge in [-0.3, -0.25) is 4.79 Å². The Bertz CT molecular complexity index is 661. The van der Waals surface area contributed by atoms with Crippen LogP contribution in [-0.4, -0.2) is 42.4 Å². The van der Waals surface area contributed by atoms with Gasteiger partial charge in [-0.2, -0.15) is 0 Å². The highest BCUT2D eigenvalue weighted by atomic mass is 32.2. The lowest BCUT2D eigenvalue weighted by Crippen LogP contribution is -2.28. The number of nitrogens with one attached hydrogen (secondary N) is 1. The zero-order chi connectivity index (χ0) is 15.7. The highest BCUT2D eigenvalue weighted by Gasteiger charge is 2.46. The number of hydrogen-bond acceptors (Lipinski definition) is 6. The van der Waals surface area contributed by atoms with Gasteiger partial charge in [0.15, 0.2) is 5.69 Å². The number of rotatable bonds is 7. The molecule has 2 N–H and O–H groups in total. The Morgan fingerprint density at radius 1 is 1.48 bits per heavy atom. The zero-order valence-electron chi connectivity index (χ0n) is 11.5. The van der Waals surface area contributed by atoms with Crippen molar-refractivity contribution in [3.05, 3.63) is 16.1 Å². The largest absolute Gasteiger partial charge is 0.476 e. The van der Waals surface area contributed by atoms with E-state index < -0.39 is 21.2 Å². The van der Waals surface area contributed by atoms with Crippen molar-refractivity contribution in [2.75, 3.05) is 12.0 Å². The van der Waals surface area contributed by atoms with E-state index in [1.165, 1.54) is 11.6 Å². The van der Waals surface area contributed by atoms with Gasteiger partial charge in [-0.05, 0) is 18.3 Å². The number of carbonyl (C=O) groups excluding carboxylic acids is 1. The molecule has 0 aromatic carbocycles. The van der Waals surface area contributed by atoms with Gasteiger partial charge >= 0.3 is 5.97 Å². The van der Waals surface area contributed by atoms with Crippen LogP contribution in [0.2, 0.25) is 0 Å². The zero-order valence-corrected chi connectivity index (χ0v) is 13.1. The van der Waals surface area contributed by atoms with Gasteiger partial charge in [0.2, 0.25) is 5.91 Å². The second-order valence-corrected chi connectivity index (χ2v) is 8.54. The molecule has 0 saturated heterocycles. The Hall–Kier alpha value is -1.48. The maximum absolute atomic E-state index is 11.9. The summed E-state index contributed by atoms with van der Waals surface area (Å²) in [6, 6.07) is 0. The molecule has 1 aromatic heterocycles. The minimum atomic E-state index is -3.09. The molecule has 0 bridgehead atoms. The fourth-order valence-electron chi connectivity index (χ4n) is 2.17. The van der Waals surface area contributed by atoms with Gasteiger partial charge in [-0.1, -0.05) is 0 Å². The molecule has 1 heterocycles. The van der Waals surface area contributed by atoms with E-state index in [1.807, 2.05) is 0 Å². The third-order valence-electron chi connectivity index (χ3n) is 3.27. The number of amides is 1. The first-order chi connectivity index (χ1) is 9.69. The van der Waals surface area contributed by atoms with Crippen LogP contribution in [0.15, 0.2) is 5.38 Å². The third-order valence-corrected chi connectivity index (χ3v) is 5.25. The van der Waals surface area contributed by atoms with Crippen LogP contribution in [-0.2, 0) is 21.2 Å². The lowest BCUT2D eigenvalue weighted by molar-refractivity contribution is -0.122. The summed E-state index contributed by atoms with van der Waals surface area (Å²) in [7, 11) is -3.09. The fraction of sp³-hybridized carbons (Fsp3) is 0.583. The average molecular weight is 332 g/mol. The summed E-state index contributed by atoms with van der Waals surface area (Å²) in [6.45, 7) is 0.158. The van der Waals surface area contributed by atoms with Gasteiger partial charge < -0.3 is 10.4 Å². The van der Waals surface area contributed by atoms with Crippen LogP contribution in [0.4, 0.5) is 0 Å². The van der Waals surface area contributed by atoms with E-state index in [9.17, 15) is 18.0 Å². The van der Waals surface area contributed by atoms with Crippen LogP contribution >= 0.6 is 11.3 Å². The van der Waals surface area contributed by atoms with Gasteiger partial charge in [-0.25, -0.2) is 18.2 Å². The number of aromatic nitrogens is 1. The maximum Gasteiger partial charge on any atom is 0.355 e. The molecule has 0 unspecified atom stereocenters. The molecular weight excluding hydrogens is 316 g/mol. The summed E-state index contributed by atoms with van der Waals surface area (Å²) in [5, 5.41) is 13.3. The van der Waals surface area contributed by atoms with E-state index in [0.717, 1.165) is 24.2 Å². The lowest BCUT2D eigenvalue weighted by atomic mass is 10.1. The van der Waals surface area contributed by atoms with Crippen molar-refractivity contribution in [2.45, 2.75) is 25.8 Å². The molecule has 9 heteroatoms. The van der Waals surface area contributed by atoms with Gasteiger partial charge in [0.1, 0.15) is 14.8 Å². The van der Waals surface area contributed by atoms with Crippen LogP contribution in [0.5, 0.6) is 0 Å². The molecule has 0 atom stereocenters. The lowest BCUT2D eigenvalue weighted by Gasteiger charge is -2.13. The normalized spacial score (nSPS) is 16.4. The molecule has 2 rings (SSSR count). The van der Waals surface area contributed by atoms with Gasteiger partial charge in [0, 0.05) is 18.1 Å². The summed E-state index contributed by atoms with van der Waals surface area (Å²) >= 11 is 1.16. The van der Waals surface area contributed by atoms with Crippen LogP contribution in [0.1, 0.15) is 34.8 Å². The molecular formula is C12H16N2O5S2. The molecule has 0 spiro atoms. The van der Waals surface area contributed by atoms with Gasteiger partial charge in [-0.15, -0.1) is 11.3 Å². The molecule has 1 amide bonds. The maximum atomic E-state index is 11.9. The number of carbonyl (C=O) groups is 2. The van der Waals surface area contributed by atoms with Gasteiger partial charge in [0.25, 0.3) is 0 Å². The molecule has 0 aliphatic heterocycles. The van der Waals surface area contributed by atoms with Crippen LogP contribution in [0.3, 0.4) is 0 Å². The quantitative estimate of drug-likeness (QED) is 0.759. The number of sulfone groups is 1.